The van der Waals surface area contributed by atoms with E-state index in [9.17, 15) is 43.2 Å². The lowest BCUT2D eigenvalue weighted by Crippen LogP contribution is -2.29. The van der Waals surface area contributed by atoms with Crippen molar-refractivity contribution in [2.45, 2.75) is 84.5 Å². The molecule has 0 aromatic heterocycles. The van der Waals surface area contributed by atoms with Crippen LogP contribution in [0.5, 0.6) is 0 Å². The summed E-state index contributed by atoms with van der Waals surface area (Å²) in [6, 6.07) is 0. The van der Waals surface area contributed by atoms with Crippen molar-refractivity contribution in [2.75, 3.05) is 39.6 Å². The lowest BCUT2D eigenvalue weighted by atomic mass is 10.1. The van der Waals surface area contributed by atoms with Crippen LogP contribution in [0.4, 0.5) is 0 Å². The quantitative estimate of drug-likeness (QED) is 0.0584. The molecule has 0 rings (SSSR count). The van der Waals surface area contributed by atoms with Crippen molar-refractivity contribution in [2.24, 2.45) is 0 Å². The largest absolute Gasteiger partial charge is 0.472 e. The van der Waals surface area contributed by atoms with Gasteiger partial charge in [0.05, 0.1) is 26.4 Å². The third-order valence-electron chi connectivity index (χ3n) is 4.76. The molecule has 0 bridgehead atoms. The molecule has 19 heteroatoms. The summed E-state index contributed by atoms with van der Waals surface area (Å²) < 4.78 is 62.2. The van der Waals surface area contributed by atoms with Gasteiger partial charge in [-0.2, -0.15) is 0 Å². The van der Waals surface area contributed by atoms with E-state index in [1.807, 2.05) is 0 Å². The molecule has 2 unspecified atom stereocenters. The molecular weight excluding hydrogens is 610 g/mol. The molecule has 0 fully saturated rings. The van der Waals surface area contributed by atoms with Crippen molar-refractivity contribution in [1.29, 1.82) is 0 Å². The van der Waals surface area contributed by atoms with Crippen molar-refractivity contribution < 1.29 is 80.2 Å². The average molecular weight is 653 g/mol. The highest BCUT2D eigenvalue weighted by Crippen LogP contribution is 2.45. The zero-order valence-electron chi connectivity index (χ0n) is 24.2. The van der Waals surface area contributed by atoms with E-state index in [0.29, 0.717) is 6.42 Å². The van der Waals surface area contributed by atoms with Crippen LogP contribution in [0, 0.1) is 0 Å². The van der Waals surface area contributed by atoms with Gasteiger partial charge in [0.2, 0.25) is 0 Å². The SMILES string of the molecule is CCCCCCCC(=O)OC[C@H](COP(=O)(O)OC[C@H](O)COP(=O)(O)OC[C@@H](COC(C)=O)OC(C)=O)OC(C)=O. The molecular formula is C23H42O17P2. The number of ether oxygens (including phenoxy) is 4. The zero-order valence-corrected chi connectivity index (χ0v) is 26.0. The van der Waals surface area contributed by atoms with E-state index < -0.39 is 97.5 Å². The summed E-state index contributed by atoms with van der Waals surface area (Å²) in [7, 11) is -9.66. The Hall–Kier alpha value is -1.94. The molecule has 0 spiro atoms. The van der Waals surface area contributed by atoms with Crippen LogP contribution in [0.3, 0.4) is 0 Å². The number of unbranched alkanes of at least 4 members (excludes halogenated alkanes) is 4. The fourth-order valence-corrected chi connectivity index (χ4v) is 4.46. The normalized spacial score (nSPS) is 16.3. The maximum Gasteiger partial charge on any atom is 0.472 e. The van der Waals surface area contributed by atoms with E-state index >= 15 is 0 Å². The second kappa shape index (κ2) is 21.7. The van der Waals surface area contributed by atoms with Gasteiger partial charge in [-0.05, 0) is 6.42 Å². The molecule has 5 atom stereocenters. The standard InChI is InChI=1S/C23H42O17P2/c1-5-6-7-8-9-10-23(28)34-14-22(40-19(4)26)16-38-42(31,32)36-12-20(27)11-35-41(29,30)37-15-21(39-18(3)25)13-33-17(2)24/h20-22,27H,5-16H2,1-4H3,(H,29,30)(H,31,32)/t20-,21-,22-/m1/s1. The van der Waals surface area contributed by atoms with E-state index in [1.54, 1.807) is 0 Å². The van der Waals surface area contributed by atoms with Crippen molar-refractivity contribution in [1.82, 2.24) is 0 Å². The smallest absolute Gasteiger partial charge is 0.462 e. The van der Waals surface area contributed by atoms with Crippen LogP contribution < -0.4 is 0 Å². The number of phosphoric ester groups is 2. The Morgan fingerprint density at radius 1 is 0.619 bits per heavy atom. The molecule has 0 aliphatic rings. The van der Waals surface area contributed by atoms with Crippen molar-refractivity contribution >= 4 is 39.5 Å². The van der Waals surface area contributed by atoms with Crippen molar-refractivity contribution in [3.63, 3.8) is 0 Å². The lowest BCUT2D eigenvalue weighted by molar-refractivity contribution is -0.159. The number of carbonyl (C=O) groups is 4. The fourth-order valence-electron chi connectivity index (χ4n) is 2.88. The lowest BCUT2D eigenvalue weighted by Gasteiger charge is -2.21. The van der Waals surface area contributed by atoms with Gasteiger partial charge < -0.3 is 33.8 Å². The van der Waals surface area contributed by atoms with Crippen LogP contribution >= 0.6 is 15.6 Å². The summed E-state index contributed by atoms with van der Waals surface area (Å²) in [5.41, 5.74) is 0. The topological polar surface area (TPSA) is 237 Å². The highest BCUT2D eigenvalue weighted by Gasteiger charge is 2.29. The Labute approximate surface area is 244 Å². The van der Waals surface area contributed by atoms with Crippen molar-refractivity contribution in [3.05, 3.63) is 0 Å². The van der Waals surface area contributed by atoms with Gasteiger partial charge in [0.1, 0.15) is 19.3 Å². The van der Waals surface area contributed by atoms with E-state index in [2.05, 4.69) is 25.2 Å². The molecule has 0 aliphatic carbocycles. The van der Waals surface area contributed by atoms with Crippen LogP contribution in [0.2, 0.25) is 0 Å². The third kappa shape index (κ3) is 23.6. The van der Waals surface area contributed by atoms with Gasteiger partial charge in [0.25, 0.3) is 0 Å². The summed E-state index contributed by atoms with van der Waals surface area (Å²) in [6.07, 6.45) is 0.586. The molecule has 42 heavy (non-hydrogen) atoms. The monoisotopic (exact) mass is 652 g/mol. The van der Waals surface area contributed by atoms with Gasteiger partial charge in [-0.1, -0.05) is 32.6 Å². The summed E-state index contributed by atoms with van der Waals surface area (Å²) in [4.78, 5) is 64.9. The number of rotatable bonds is 24. The Morgan fingerprint density at radius 3 is 1.48 bits per heavy atom. The predicted molar refractivity (Wildman–Crippen MR) is 142 cm³/mol. The molecule has 0 radical (unpaired) electrons. The highest BCUT2D eigenvalue weighted by atomic mass is 31.2. The molecule has 0 saturated heterocycles. The molecule has 0 aliphatic heterocycles. The minimum atomic E-state index is -4.84. The van der Waals surface area contributed by atoms with Crippen molar-refractivity contribution in [3.8, 4) is 0 Å². The third-order valence-corrected chi connectivity index (χ3v) is 6.66. The number of aliphatic hydroxyl groups excluding tert-OH is 1. The summed E-state index contributed by atoms with van der Waals surface area (Å²) in [5, 5.41) is 9.90. The van der Waals surface area contributed by atoms with Gasteiger partial charge in [0.15, 0.2) is 12.2 Å². The summed E-state index contributed by atoms with van der Waals surface area (Å²) in [6.45, 7) is 1.19. The summed E-state index contributed by atoms with van der Waals surface area (Å²) in [5.74, 6) is -2.77. The van der Waals surface area contributed by atoms with Crippen LogP contribution in [-0.4, -0.2) is 96.7 Å². The number of hydrogen-bond acceptors (Lipinski definition) is 15. The molecule has 246 valence electrons. The first-order chi connectivity index (χ1) is 19.5. The maximum absolute atomic E-state index is 12.2. The minimum absolute atomic E-state index is 0.159. The predicted octanol–water partition coefficient (Wildman–Crippen LogP) is 1.94. The van der Waals surface area contributed by atoms with E-state index in [4.69, 9.17) is 18.7 Å². The first-order valence-corrected chi connectivity index (χ1v) is 16.1. The second-order valence-electron chi connectivity index (χ2n) is 8.89. The number of hydrogen-bond donors (Lipinski definition) is 3. The van der Waals surface area contributed by atoms with Gasteiger partial charge in [0, 0.05) is 27.2 Å². The van der Waals surface area contributed by atoms with Crippen LogP contribution in [0.25, 0.3) is 0 Å². The molecule has 3 N–H and O–H groups in total. The van der Waals surface area contributed by atoms with E-state index in [0.717, 1.165) is 46.5 Å². The number of esters is 4. The second-order valence-corrected chi connectivity index (χ2v) is 11.8. The highest BCUT2D eigenvalue weighted by molar-refractivity contribution is 7.47. The Balaban J connectivity index is 4.60. The molecule has 0 saturated carbocycles. The van der Waals surface area contributed by atoms with Crippen LogP contribution in [-0.2, 0) is 65.4 Å². The fraction of sp³-hybridized carbons (Fsp3) is 0.826. The molecule has 0 amide bonds. The number of aliphatic hydroxyl groups is 1. The minimum Gasteiger partial charge on any atom is -0.462 e. The number of carbonyl (C=O) groups excluding carboxylic acids is 4. The summed E-state index contributed by atoms with van der Waals surface area (Å²) >= 11 is 0. The van der Waals surface area contributed by atoms with Gasteiger partial charge in [-0.15, -0.1) is 0 Å². The van der Waals surface area contributed by atoms with Gasteiger partial charge in [-0.3, -0.25) is 37.3 Å². The number of phosphoric acid groups is 2. The first kappa shape index (κ1) is 40.1. The van der Waals surface area contributed by atoms with Gasteiger partial charge >= 0.3 is 39.5 Å². The van der Waals surface area contributed by atoms with E-state index in [1.165, 1.54) is 0 Å². The molecule has 17 nitrogen and oxygen atoms in total. The molecule has 0 heterocycles. The van der Waals surface area contributed by atoms with E-state index in [-0.39, 0.29) is 6.42 Å². The Bertz CT molecular complexity index is 927. The Kier molecular flexibility index (Phi) is 20.7. The molecule has 0 aromatic rings. The maximum atomic E-state index is 12.2. The molecule has 0 aromatic carbocycles. The Morgan fingerprint density at radius 2 is 1.05 bits per heavy atom. The average Bonchev–Trinajstić information content (AvgIpc) is 2.89. The first-order valence-electron chi connectivity index (χ1n) is 13.1. The van der Waals surface area contributed by atoms with Gasteiger partial charge in [-0.25, -0.2) is 9.13 Å². The van der Waals surface area contributed by atoms with Crippen LogP contribution in [0.1, 0.15) is 66.2 Å². The van der Waals surface area contributed by atoms with Crippen LogP contribution in [0.15, 0.2) is 0 Å². The zero-order chi connectivity index (χ0) is 32.2.